The lowest BCUT2D eigenvalue weighted by atomic mass is 10.1. The van der Waals surface area contributed by atoms with Crippen LogP contribution in [0.4, 0.5) is 22.0 Å². The third-order valence-corrected chi connectivity index (χ3v) is 3.08. The Morgan fingerprint density at radius 1 is 0.864 bits per heavy atom. The first-order valence-electron chi connectivity index (χ1n) is 6.21. The molecule has 0 radical (unpaired) electrons. The van der Waals surface area contributed by atoms with Crippen LogP contribution in [-0.2, 0) is 0 Å². The van der Waals surface area contributed by atoms with E-state index in [4.69, 9.17) is 0 Å². The minimum absolute atomic E-state index is 0.611. The second-order valence-corrected chi connectivity index (χ2v) is 4.55. The molecule has 7 heteroatoms. The topological polar surface area (TPSA) is 29.1 Å². The fourth-order valence-electron chi connectivity index (χ4n) is 1.90. The zero-order valence-corrected chi connectivity index (χ0v) is 11.3. The molecule has 0 spiro atoms. The van der Waals surface area contributed by atoms with E-state index in [0.717, 1.165) is 0 Å². The zero-order valence-electron chi connectivity index (χ0n) is 11.3. The molecule has 2 aromatic carbocycles. The number of hydrogen-bond donors (Lipinski definition) is 1. The molecule has 0 heterocycles. The standard InChI is InChI=1S/C15H10F5NO/c1-7(8-5-3-2-4-6-8)21-15(22)9-10(16)12(18)14(20)13(19)11(9)17/h2-7H,1H3,(H,21,22)/t7-/m0/s1. The van der Waals surface area contributed by atoms with Gasteiger partial charge in [0.15, 0.2) is 23.3 Å². The molecule has 0 bridgehead atoms. The van der Waals surface area contributed by atoms with Crippen molar-refractivity contribution in [1.29, 1.82) is 0 Å². The van der Waals surface area contributed by atoms with E-state index < -0.39 is 46.6 Å². The number of hydrogen-bond acceptors (Lipinski definition) is 1. The molecule has 0 aliphatic heterocycles. The van der Waals surface area contributed by atoms with Crippen molar-refractivity contribution in [2.75, 3.05) is 0 Å². The first kappa shape index (κ1) is 15.9. The third kappa shape index (κ3) is 2.79. The van der Waals surface area contributed by atoms with Crippen LogP contribution in [0.2, 0.25) is 0 Å². The van der Waals surface area contributed by atoms with E-state index in [1.807, 2.05) is 0 Å². The van der Waals surface area contributed by atoms with Crippen molar-refractivity contribution in [3.63, 3.8) is 0 Å². The van der Waals surface area contributed by atoms with Crippen LogP contribution in [0.15, 0.2) is 30.3 Å². The van der Waals surface area contributed by atoms with Gasteiger partial charge in [-0.2, -0.15) is 0 Å². The Labute approximate surface area is 122 Å². The van der Waals surface area contributed by atoms with Crippen LogP contribution in [0.5, 0.6) is 0 Å². The van der Waals surface area contributed by atoms with Gasteiger partial charge in [-0.05, 0) is 12.5 Å². The van der Waals surface area contributed by atoms with Crippen molar-refractivity contribution in [1.82, 2.24) is 5.32 Å². The number of carbonyl (C=O) groups is 1. The summed E-state index contributed by atoms with van der Waals surface area (Å²) < 4.78 is 66.1. The van der Waals surface area contributed by atoms with Crippen LogP contribution in [0, 0.1) is 29.1 Å². The van der Waals surface area contributed by atoms with E-state index in [1.54, 1.807) is 30.3 Å². The average molecular weight is 315 g/mol. The highest BCUT2D eigenvalue weighted by atomic mass is 19.2. The van der Waals surface area contributed by atoms with E-state index in [9.17, 15) is 26.7 Å². The number of benzene rings is 2. The van der Waals surface area contributed by atoms with Gasteiger partial charge in [-0.1, -0.05) is 30.3 Å². The Hall–Kier alpha value is -2.44. The summed E-state index contributed by atoms with van der Waals surface area (Å²) >= 11 is 0. The highest BCUT2D eigenvalue weighted by molar-refractivity contribution is 5.95. The average Bonchev–Trinajstić information content (AvgIpc) is 2.52. The molecule has 0 saturated heterocycles. The summed E-state index contributed by atoms with van der Waals surface area (Å²) in [5.74, 6) is -12.3. The molecular weight excluding hydrogens is 305 g/mol. The van der Waals surface area contributed by atoms with Crippen molar-refractivity contribution in [3.05, 3.63) is 70.5 Å². The highest BCUT2D eigenvalue weighted by Crippen LogP contribution is 2.23. The number of amides is 1. The maximum absolute atomic E-state index is 13.5. The molecule has 0 aromatic heterocycles. The molecule has 22 heavy (non-hydrogen) atoms. The molecule has 1 atom stereocenters. The van der Waals surface area contributed by atoms with Gasteiger partial charge in [-0.15, -0.1) is 0 Å². The highest BCUT2D eigenvalue weighted by Gasteiger charge is 2.30. The van der Waals surface area contributed by atoms with Crippen LogP contribution in [-0.4, -0.2) is 5.91 Å². The van der Waals surface area contributed by atoms with E-state index >= 15 is 0 Å². The Morgan fingerprint density at radius 3 is 1.82 bits per heavy atom. The number of nitrogens with one attached hydrogen (secondary N) is 1. The predicted molar refractivity (Wildman–Crippen MR) is 68.6 cm³/mol. The molecule has 0 saturated carbocycles. The largest absolute Gasteiger partial charge is 0.345 e. The lowest BCUT2D eigenvalue weighted by Gasteiger charge is -2.15. The first-order chi connectivity index (χ1) is 10.3. The van der Waals surface area contributed by atoms with Gasteiger partial charge in [0.1, 0.15) is 5.56 Å². The van der Waals surface area contributed by atoms with Gasteiger partial charge in [0.05, 0.1) is 6.04 Å². The number of rotatable bonds is 3. The zero-order chi connectivity index (χ0) is 16.4. The summed E-state index contributed by atoms with van der Waals surface area (Å²) in [5.41, 5.74) is -0.890. The third-order valence-electron chi connectivity index (χ3n) is 3.08. The summed E-state index contributed by atoms with van der Waals surface area (Å²) in [4.78, 5) is 11.8. The summed E-state index contributed by atoms with van der Waals surface area (Å²) in [6, 6.07) is 7.69. The molecular formula is C15H10F5NO. The molecule has 2 nitrogen and oxygen atoms in total. The molecule has 0 fully saturated rings. The van der Waals surface area contributed by atoms with Gasteiger partial charge in [-0.3, -0.25) is 4.79 Å². The Morgan fingerprint density at radius 2 is 1.32 bits per heavy atom. The fourth-order valence-corrected chi connectivity index (χ4v) is 1.90. The Bertz CT molecular complexity index is 689. The maximum atomic E-state index is 13.5. The fraction of sp³-hybridized carbons (Fsp3) is 0.133. The molecule has 2 aromatic rings. The van der Waals surface area contributed by atoms with Crippen LogP contribution in [0.25, 0.3) is 0 Å². The van der Waals surface area contributed by atoms with Crippen LogP contribution >= 0.6 is 0 Å². The van der Waals surface area contributed by atoms with Crippen molar-refractivity contribution in [3.8, 4) is 0 Å². The van der Waals surface area contributed by atoms with Crippen LogP contribution < -0.4 is 5.32 Å². The SMILES string of the molecule is C[C@H](NC(=O)c1c(F)c(F)c(F)c(F)c1F)c1ccccc1. The smallest absolute Gasteiger partial charge is 0.257 e. The normalized spacial score (nSPS) is 12.1. The summed E-state index contributed by atoms with van der Waals surface area (Å²) in [6.07, 6.45) is 0. The van der Waals surface area contributed by atoms with Gasteiger partial charge in [0.25, 0.3) is 5.91 Å². The molecule has 0 unspecified atom stereocenters. The van der Waals surface area contributed by atoms with E-state index in [2.05, 4.69) is 5.32 Å². The monoisotopic (exact) mass is 315 g/mol. The second kappa shape index (κ2) is 6.13. The van der Waals surface area contributed by atoms with Crippen LogP contribution in [0.3, 0.4) is 0 Å². The van der Waals surface area contributed by atoms with Gasteiger partial charge in [0, 0.05) is 0 Å². The Kier molecular flexibility index (Phi) is 4.44. The van der Waals surface area contributed by atoms with Crippen molar-refractivity contribution in [2.45, 2.75) is 13.0 Å². The molecule has 116 valence electrons. The van der Waals surface area contributed by atoms with E-state index in [1.165, 1.54) is 6.92 Å². The van der Waals surface area contributed by atoms with Crippen molar-refractivity contribution in [2.24, 2.45) is 0 Å². The lowest BCUT2D eigenvalue weighted by molar-refractivity contribution is 0.0928. The Balaban J connectivity index is 2.35. The molecule has 2 rings (SSSR count). The number of halogens is 5. The van der Waals surface area contributed by atoms with E-state index in [-0.39, 0.29) is 0 Å². The summed E-state index contributed by atoms with van der Waals surface area (Å²) in [6.45, 7) is 1.51. The second-order valence-electron chi connectivity index (χ2n) is 4.55. The van der Waals surface area contributed by atoms with Gasteiger partial charge in [-0.25, -0.2) is 22.0 Å². The number of carbonyl (C=O) groups excluding carboxylic acids is 1. The van der Waals surface area contributed by atoms with Gasteiger partial charge in [0.2, 0.25) is 5.82 Å². The predicted octanol–water partition coefficient (Wildman–Crippen LogP) is 3.87. The summed E-state index contributed by atoms with van der Waals surface area (Å²) in [5, 5.41) is 2.19. The minimum Gasteiger partial charge on any atom is -0.345 e. The van der Waals surface area contributed by atoms with Crippen molar-refractivity contribution >= 4 is 5.91 Å². The summed E-state index contributed by atoms with van der Waals surface area (Å²) in [7, 11) is 0. The lowest BCUT2D eigenvalue weighted by Crippen LogP contribution is -2.29. The van der Waals surface area contributed by atoms with Gasteiger partial charge >= 0.3 is 0 Å². The minimum atomic E-state index is -2.30. The molecule has 0 aliphatic rings. The quantitative estimate of drug-likeness (QED) is 0.520. The van der Waals surface area contributed by atoms with Gasteiger partial charge < -0.3 is 5.32 Å². The van der Waals surface area contributed by atoms with E-state index in [0.29, 0.717) is 5.56 Å². The molecule has 1 amide bonds. The first-order valence-corrected chi connectivity index (χ1v) is 6.21. The van der Waals surface area contributed by atoms with Crippen LogP contribution in [0.1, 0.15) is 28.9 Å². The maximum Gasteiger partial charge on any atom is 0.257 e. The molecule has 0 aliphatic carbocycles. The molecule has 1 N–H and O–H groups in total. The van der Waals surface area contributed by atoms with Crippen molar-refractivity contribution < 1.29 is 26.7 Å².